The molecule has 0 unspecified atom stereocenters. The molecular weight excluding hydrogens is 507 g/mol. The van der Waals surface area contributed by atoms with Gasteiger partial charge in [0.1, 0.15) is 0 Å². The van der Waals surface area contributed by atoms with Gasteiger partial charge in [0.25, 0.3) is 0 Å². The van der Waals surface area contributed by atoms with Gasteiger partial charge in [0, 0.05) is 56.8 Å². The highest BCUT2D eigenvalue weighted by Crippen LogP contribution is 2.32. The largest absolute Gasteiger partial charge is 0.418 e. The number of pyridine rings is 3. The average molecular weight is 528 g/mol. The lowest BCUT2D eigenvalue weighted by Gasteiger charge is -2.09. The molecule has 0 amide bonds. The highest BCUT2D eigenvalue weighted by Gasteiger charge is 2.34. The van der Waals surface area contributed by atoms with Gasteiger partial charge in [0.15, 0.2) is 0 Å². The summed E-state index contributed by atoms with van der Waals surface area (Å²) < 4.78 is 109. The molecule has 3 aromatic rings. The number of alkyl halides is 9. The molecule has 3 rings (SSSR count). The van der Waals surface area contributed by atoms with E-state index in [4.69, 9.17) is 17.2 Å². The first-order valence-corrected chi connectivity index (χ1v) is 9.77. The number of rotatable bonds is 3. The summed E-state index contributed by atoms with van der Waals surface area (Å²) in [5, 5.41) is 0. The summed E-state index contributed by atoms with van der Waals surface area (Å²) in [4.78, 5) is 10.2. The highest BCUT2D eigenvalue weighted by molar-refractivity contribution is 5.27. The molecule has 0 saturated heterocycles. The Morgan fingerprint density at radius 1 is 0.472 bits per heavy atom. The Morgan fingerprint density at radius 2 is 0.694 bits per heavy atom. The Bertz CT molecular complexity index is 946. The van der Waals surface area contributed by atoms with Crippen LogP contribution in [0.25, 0.3) is 0 Å². The van der Waals surface area contributed by atoms with E-state index in [1.165, 1.54) is 36.8 Å². The van der Waals surface area contributed by atoms with Crippen molar-refractivity contribution in [3.05, 3.63) is 88.8 Å². The number of hydrogen-bond acceptors (Lipinski definition) is 6. The van der Waals surface area contributed by atoms with Crippen LogP contribution in [0.2, 0.25) is 0 Å². The second-order valence-corrected chi connectivity index (χ2v) is 6.70. The topological polar surface area (TPSA) is 117 Å². The third kappa shape index (κ3) is 9.39. The molecule has 0 bridgehead atoms. The zero-order valence-electron chi connectivity index (χ0n) is 18.3. The molecule has 36 heavy (non-hydrogen) atoms. The Balaban J connectivity index is 0.000000270. The monoisotopic (exact) mass is 528 g/mol. The van der Waals surface area contributed by atoms with Crippen molar-refractivity contribution in [3.8, 4) is 0 Å². The summed E-state index contributed by atoms with van der Waals surface area (Å²) in [6.45, 7) is -0.383. The first kappa shape index (κ1) is 30.7. The number of aromatic nitrogens is 3. The van der Waals surface area contributed by atoms with Crippen molar-refractivity contribution < 1.29 is 39.5 Å². The van der Waals surface area contributed by atoms with Gasteiger partial charge in [-0.3, -0.25) is 15.0 Å². The van der Waals surface area contributed by atoms with Crippen molar-refractivity contribution in [2.75, 3.05) is 0 Å². The first-order chi connectivity index (χ1) is 16.7. The van der Waals surface area contributed by atoms with Gasteiger partial charge in [-0.15, -0.1) is 0 Å². The quantitative estimate of drug-likeness (QED) is 0.426. The zero-order valence-corrected chi connectivity index (χ0v) is 18.3. The van der Waals surface area contributed by atoms with Crippen LogP contribution >= 0.6 is 0 Å². The molecular formula is C21H21F9N6. The average Bonchev–Trinajstić information content (AvgIpc) is 2.83. The Hall–Kier alpha value is -3.30. The lowest BCUT2D eigenvalue weighted by atomic mass is 10.1. The molecule has 0 aliphatic heterocycles. The van der Waals surface area contributed by atoms with Gasteiger partial charge in [-0.05, 0) is 34.9 Å². The van der Waals surface area contributed by atoms with Crippen molar-refractivity contribution in [3.63, 3.8) is 0 Å². The SMILES string of the molecule is NCc1ccncc1C(F)(F)F.NCc1ccncc1C(F)(F)F.NCc1ccncc1C(F)(F)F. The minimum Gasteiger partial charge on any atom is -0.326 e. The van der Waals surface area contributed by atoms with E-state index in [-0.39, 0.29) is 36.3 Å². The molecule has 0 atom stereocenters. The van der Waals surface area contributed by atoms with Crippen LogP contribution in [-0.2, 0) is 38.2 Å². The summed E-state index contributed by atoms with van der Waals surface area (Å²) >= 11 is 0. The molecule has 0 aromatic carbocycles. The van der Waals surface area contributed by atoms with Crippen molar-refractivity contribution in [2.24, 2.45) is 17.2 Å². The zero-order chi connectivity index (χ0) is 27.6. The van der Waals surface area contributed by atoms with E-state index in [1.807, 2.05) is 0 Å². The first-order valence-electron chi connectivity index (χ1n) is 9.77. The Labute approximate surface area is 199 Å². The van der Waals surface area contributed by atoms with Gasteiger partial charge >= 0.3 is 18.5 Å². The van der Waals surface area contributed by atoms with Gasteiger partial charge in [-0.25, -0.2) is 0 Å². The molecule has 6 nitrogen and oxygen atoms in total. The lowest BCUT2D eigenvalue weighted by molar-refractivity contribution is -0.139. The fourth-order valence-corrected chi connectivity index (χ4v) is 2.57. The maximum absolute atomic E-state index is 12.1. The second-order valence-electron chi connectivity index (χ2n) is 6.70. The van der Waals surface area contributed by atoms with Crippen molar-refractivity contribution in [1.29, 1.82) is 0 Å². The number of halogens is 9. The van der Waals surface area contributed by atoms with E-state index in [0.29, 0.717) is 0 Å². The van der Waals surface area contributed by atoms with Crippen LogP contribution in [0.15, 0.2) is 55.4 Å². The fraction of sp³-hybridized carbons (Fsp3) is 0.286. The normalized spacial score (nSPS) is 11.7. The molecule has 6 N–H and O–H groups in total. The third-order valence-corrected chi connectivity index (χ3v) is 4.31. The molecule has 0 radical (unpaired) electrons. The third-order valence-electron chi connectivity index (χ3n) is 4.31. The molecule has 3 heterocycles. The number of nitrogens with zero attached hydrogens (tertiary/aromatic N) is 3. The van der Waals surface area contributed by atoms with Gasteiger partial charge in [0.05, 0.1) is 16.7 Å². The minimum absolute atomic E-state index is 0.0671. The smallest absolute Gasteiger partial charge is 0.326 e. The summed E-state index contributed by atoms with van der Waals surface area (Å²) in [7, 11) is 0. The summed E-state index contributed by atoms with van der Waals surface area (Å²) in [5.74, 6) is 0. The van der Waals surface area contributed by atoms with E-state index in [1.54, 1.807) is 0 Å². The molecule has 0 aliphatic rings. The second kappa shape index (κ2) is 13.1. The molecule has 0 saturated carbocycles. The Morgan fingerprint density at radius 3 is 0.833 bits per heavy atom. The maximum atomic E-state index is 12.1. The Kier molecular flexibility index (Phi) is 11.2. The van der Waals surface area contributed by atoms with Crippen LogP contribution in [0.3, 0.4) is 0 Å². The standard InChI is InChI=1S/3C7H7F3N2/c3*8-7(9,10)6-4-12-2-1-5(6)3-11/h3*1-2,4H,3,11H2. The number of hydrogen-bond donors (Lipinski definition) is 3. The highest BCUT2D eigenvalue weighted by atomic mass is 19.4. The van der Waals surface area contributed by atoms with Gasteiger partial charge in [-0.1, -0.05) is 0 Å². The van der Waals surface area contributed by atoms with Crippen LogP contribution in [-0.4, -0.2) is 15.0 Å². The maximum Gasteiger partial charge on any atom is 0.418 e. The predicted octanol–water partition coefficient (Wildman–Crippen LogP) is 4.68. The molecule has 0 fully saturated rings. The van der Waals surface area contributed by atoms with E-state index in [0.717, 1.165) is 18.6 Å². The van der Waals surface area contributed by atoms with Crippen LogP contribution < -0.4 is 17.2 Å². The van der Waals surface area contributed by atoms with Gasteiger partial charge in [0.2, 0.25) is 0 Å². The van der Waals surface area contributed by atoms with Crippen molar-refractivity contribution >= 4 is 0 Å². The van der Waals surface area contributed by atoms with Crippen molar-refractivity contribution in [2.45, 2.75) is 38.2 Å². The van der Waals surface area contributed by atoms with Crippen molar-refractivity contribution in [1.82, 2.24) is 15.0 Å². The minimum atomic E-state index is -4.36. The molecule has 198 valence electrons. The van der Waals surface area contributed by atoms with Crippen LogP contribution in [0.5, 0.6) is 0 Å². The van der Waals surface area contributed by atoms with E-state index >= 15 is 0 Å². The van der Waals surface area contributed by atoms with Crippen LogP contribution in [0.1, 0.15) is 33.4 Å². The van der Waals surface area contributed by atoms with E-state index in [9.17, 15) is 39.5 Å². The van der Waals surface area contributed by atoms with E-state index < -0.39 is 35.2 Å². The van der Waals surface area contributed by atoms with Gasteiger partial charge in [-0.2, -0.15) is 39.5 Å². The molecule has 15 heteroatoms. The van der Waals surface area contributed by atoms with Crippen LogP contribution in [0.4, 0.5) is 39.5 Å². The molecule has 0 aliphatic carbocycles. The van der Waals surface area contributed by atoms with E-state index in [2.05, 4.69) is 15.0 Å². The predicted molar refractivity (Wildman–Crippen MR) is 111 cm³/mol. The summed E-state index contributed by atoms with van der Waals surface area (Å²) in [6, 6.07) is 3.80. The van der Waals surface area contributed by atoms with Crippen LogP contribution in [0, 0.1) is 0 Å². The number of nitrogens with two attached hydrogens (primary N) is 3. The molecule has 3 aromatic heterocycles. The fourth-order valence-electron chi connectivity index (χ4n) is 2.57. The summed E-state index contributed by atoms with van der Waals surface area (Å²) in [5.41, 5.74) is 13.3. The van der Waals surface area contributed by atoms with Gasteiger partial charge < -0.3 is 17.2 Å². The summed E-state index contributed by atoms with van der Waals surface area (Å²) in [6.07, 6.45) is -6.87. The molecule has 0 spiro atoms. The lowest BCUT2D eigenvalue weighted by Crippen LogP contribution is -2.12.